The van der Waals surface area contributed by atoms with Crippen LogP contribution in [-0.2, 0) is 6.54 Å². The molecular formula is C21H17N3O4+2. The van der Waals surface area contributed by atoms with E-state index in [2.05, 4.69) is 0 Å². The Morgan fingerprint density at radius 1 is 0.857 bits per heavy atom. The van der Waals surface area contributed by atoms with Gasteiger partial charge in [-0.25, -0.2) is 0 Å². The third-order valence-corrected chi connectivity index (χ3v) is 4.59. The van der Waals surface area contributed by atoms with Crippen LogP contribution in [0, 0.1) is 10.1 Å². The van der Waals surface area contributed by atoms with Gasteiger partial charge >= 0.3 is 11.9 Å². The van der Waals surface area contributed by atoms with Gasteiger partial charge in [0.25, 0.3) is 5.69 Å². The molecule has 28 heavy (non-hydrogen) atoms. The Kier molecular flexibility index (Phi) is 4.33. The van der Waals surface area contributed by atoms with E-state index in [0.29, 0.717) is 16.6 Å². The molecule has 1 aromatic heterocycles. The molecule has 138 valence electrons. The molecule has 0 fully saturated rings. The van der Waals surface area contributed by atoms with Gasteiger partial charge in [-0.2, -0.15) is 0 Å². The first-order chi connectivity index (χ1) is 13.6. The minimum atomic E-state index is -0.451. The number of hydrogen-bond acceptors (Lipinski definition) is 4. The molecule has 0 unspecified atom stereocenters. The van der Waals surface area contributed by atoms with Crippen molar-refractivity contribution in [2.24, 2.45) is 0 Å². The molecule has 0 bridgehead atoms. The molecule has 0 aliphatic heterocycles. The van der Waals surface area contributed by atoms with Crippen LogP contribution in [0.2, 0.25) is 0 Å². The zero-order valence-electron chi connectivity index (χ0n) is 14.8. The lowest BCUT2D eigenvalue weighted by Gasteiger charge is -2.05. The molecule has 7 nitrogen and oxygen atoms in total. The first-order valence-electron chi connectivity index (χ1n) is 8.63. The van der Waals surface area contributed by atoms with E-state index < -0.39 is 4.92 Å². The van der Waals surface area contributed by atoms with E-state index in [1.54, 1.807) is 41.0 Å². The molecule has 0 atom stereocenters. The predicted molar refractivity (Wildman–Crippen MR) is 101 cm³/mol. The van der Waals surface area contributed by atoms with E-state index in [-0.39, 0.29) is 24.1 Å². The zero-order valence-corrected chi connectivity index (χ0v) is 14.8. The summed E-state index contributed by atoms with van der Waals surface area (Å²) in [7, 11) is 0. The molecule has 4 aromatic rings. The summed E-state index contributed by atoms with van der Waals surface area (Å²) >= 11 is 0. The van der Waals surface area contributed by atoms with Crippen LogP contribution in [0.15, 0.2) is 78.9 Å². The van der Waals surface area contributed by atoms with Crippen LogP contribution in [0.1, 0.15) is 5.56 Å². The second-order valence-electron chi connectivity index (χ2n) is 6.32. The van der Waals surface area contributed by atoms with Crippen LogP contribution in [0.4, 0.5) is 5.69 Å². The van der Waals surface area contributed by atoms with Gasteiger partial charge in [0, 0.05) is 35.9 Å². The van der Waals surface area contributed by atoms with Gasteiger partial charge in [0.15, 0.2) is 11.9 Å². The number of benzene rings is 3. The maximum absolute atomic E-state index is 11.0. The second kappa shape index (κ2) is 6.96. The van der Waals surface area contributed by atoms with Gasteiger partial charge < -0.3 is 10.2 Å². The van der Waals surface area contributed by atoms with Crippen molar-refractivity contribution in [3.8, 4) is 17.6 Å². The molecule has 0 aliphatic carbocycles. The number of hydrogen-bond donors (Lipinski definition) is 2. The molecular weight excluding hydrogens is 358 g/mol. The molecule has 0 spiro atoms. The average Bonchev–Trinajstić information content (AvgIpc) is 2.72. The number of para-hydroxylation sites is 2. The van der Waals surface area contributed by atoms with E-state index in [1.165, 1.54) is 16.7 Å². The maximum Gasteiger partial charge on any atom is 0.638 e. The zero-order chi connectivity index (χ0) is 19.7. The molecule has 0 saturated heterocycles. The normalized spacial score (nSPS) is 10.9. The molecule has 3 aromatic carbocycles. The van der Waals surface area contributed by atoms with Crippen LogP contribution < -0.4 is 9.13 Å². The summed E-state index contributed by atoms with van der Waals surface area (Å²) in [4.78, 5) is 10.4. The van der Waals surface area contributed by atoms with Crippen LogP contribution in [-0.4, -0.2) is 15.1 Å². The first-order valence-corrected chi connectivity index (χ1v) is 8.63. The maximum atomic E-state index is 11.0. The van der Waals surface area contributed by atoms with Gasteiger partial charge in [-0.3, -0.25) is 10.1 Å². The summed E-state index contributed by atoms with van der Waals surface area (Å²) in [6.07, 6.45) is 0. The van der Waals surface area contributed by atoms with Gasteiger partial charge in [-0.1, -0.05) is 34.9 Å². The first kappa shape index (κ1) is 17.4. The largest absolute Gasteiger partial charge is 0.638 e. The van der Waals surface area contributed by atoms with E-state index in [9.17, 15) is 20.3 Å². The van der Waals surface area contributed by atoms with Crippen molar-refractivity contribution in [1.29, 1.82) is 0 Å². The Morgan fingerprint density at radius 3 is 2.18 bits per heavy atom. The quantitative estimate of drug-likeness (QED) is 0.326. The van der Waals surface area contributed by atoms with Crippen LogP contribution in [0.5, 0.6) is 11.9 Å². The van der Waals surface area contributed by atoms with Crippen LogP contribution >= 0.6 is 0 Å². The van der Waals surface area contributed by atoms with Gasteiger partial charge in [0.05, 0.1) is 4.92 Å². The van der Waals surface area contributed by atoms with Crippen molar-refractivity contribution < 1.29 is 24.3 Å². The van der Waals surface area contributed by atoms with E-state index in [0.717, 1.165) is 5.56 Å². The van der Waals surface area contributed by atoms with Crippen molar-refractivity contribution in [1.82, 2.24) is 0 Å². The Hall–Kier alpha value is -4.00. The molecule has 0 saturated carbocycles. The summed E-state index contributed by atoms with van der Waals surface area (Å²) in [5.41, 5.74) is 2.04. The smallest absolute Gasteiger partial charge is 0.459 e. The fourth-order valence-electron chi connectivity index (χ4n) is 3.22. The summed E-state index contributed by atoms with van der Waals surface area (Å²) in [5, 5.41) is 33.2. The highest BCUT2D eigenvalue weighted by Gasteiger charge is 2.35. The minimum Gasteiger partial charge on any atom is -0.459 e. The number of nitro groups is 1. The van der Waals surface area contributed by atoms with Crippen molar-refractivity contribution in [2.75, 3.05) is 0 Å². The Bertz CT molecular complexity index is 1180. The molecule has 0 amide bonds. The molecule has 0 radical (unpaired) electrons. The van der Waals surface area contributed by atoms with E-state index in [4.69, 9.17) is 0 Å². The molecule has 0 aliphatic rings. The number of rotatable bonds is 4. The molecule has 7 heteroatoms. The Labute approximate surface area is 160 Å². The van der Waals surface area contributed by atoms with Gasteiger partial charge in [0.2, 0.25) is 11.2 Å². The molecule has 1 heterocycles. The lowest BCUT2D eigenvalue weighted by Crippen LogP contribution is -2.47. The third kappa shape index (κ3) is 2.99. The van der Waals surface area contributed by atoms with E-state index >= 15 is 0 Å². The van der Waals surface area contributed by atoms with Gasteiger partial charge in [0.1, 0.15) is 0 Å². The number of aromatic nitrogens is 2. The Balaban J connectivity index is 1.91. The standard InChI is InChI=1S/C21H15N3O4/c25-20-18-8-4-5-9-19(18)22(14-15-10-12-17(13-11-15)24(27)28)21(26)23(20)16-6-2-1-3-7-16/h1-13H,14H2/p+2. The Morgan fingerprint density at radius 2 is 1.50 bits per heavy atom. The number of nitro benzene ring substituents is 1. The number of nitrogens with zero attached hydrogens (tertiary/aromatic N) is 3. The highest BCUT2D eigenvalue weighted by molar-refractivity contribution is 5.79. The summed E-state index contributed by atoms with van der Waals surface area (Å²) in [6, 6.07) is 22.3. The van der Waals surface area contributed by atoms with Gasteiger partial charge in [-0.05, 0) is 22.8 Å². The topological polar surface area (TPSA) is 91.4 Å². The van der Waals surface area contributed by atoms with Gasteiger partial charge in [-0.15, -0.1) is 0 Å². The summed E-state index contributed by atoms with van der Waals surface area (Å²) < 4.78 is 3.02. The summed E-state index contributed by atoms with van der Waals surface area (Å²) in [6.45, 7) is 0.275. The number of non-ortho nitro benzene ring substituents is 1. The van der Waals surface area contributed by atoms with E-state index in [1.807, 2.05) is 30.3 Å². The van der Waals surface area contributed by atoms with Crippen molar-refractivity contribution in [3.63, 3.8) is 0 Å². The summed E-state index contributed by atoms with van der Waals surface area (Å²) in [5.74, 6) is -0.0701. The number of fused-ring (bicyclic) bond motifs is 1. The average molecular weight is 375 g/mol. The minimum absolute atomic E-state index is 0.00730. The fourth-order valence-corrected chi connectivity index (χ4v) is 3.22. The lowest BCUT2D eigenvalue weighted by atomic mass is 10.2. The van der Waals surface area contributed by atoms with Crippen LogP contribution in [0.3, 0.4) is 0 Å². The molecule has 2 N–H and O–H groups in total. The molecule has 4 rings (SSSR count). The number of aromatic hydroxyl groups is 2. The monoisotopic (exact) mass is 375 g/mol. The van der Waals surface area contributed by atoms with Crippen molar-refractivity contribution >= 4 is 16.6 Å². The highest BCUT2D eigenvalue weighted by atomic mass is 16.6. The third-order valence-electron chi connectivity index (χ3n) is 4.59. The second-order valence-corrected chi connectivity index (χ2v) is 6.32. The fraction of sp³-hybridized carbons (Fsp3) is 0.0476. The predicted octanol–water partition coefficient (Wildman–Crippen LogP) is 2.77. The van der Waals surface area contributed by atoms with Crippen LogP contribution in [0.25, 0.3) is 16.6 Å². The van der Waals surface area contributed by atoms with Crippen molar-refractivity contribution in [2.45, 2.75) is 6.54 Å². The van der Waals surface area contributed by atoms with Crippen molar-refractivity contribution in [3.05, 3.63) is 94.5 Å². The SMILES string of the molecule is O=[N+]([O-])c1ccc(C[n+]2c(O)[n+](-c3ccccc3)c(O)c3ccccc32)cc1. The highest BCUT2D eigenvalue weighted by Crippen LogP contribution is 2.23. The lowest BCUT2D eigenvalue weighted by molar-refractivity contribution is -0.776.